The Labute approximate surface area is 80.0 Å². The molecule has 3 N–H and O–H groups in total. The lowest BCUT2D eigenvalue weighted by atomic mass is 10.2. The van der Waals surface area contributed by atoms with Crippen LogP contribution in [0.2, 0.25) is 0 Å². The molecule has 2 atom stereocenters. The highest BCUT2D eigenvalue weighted by atomic mass is 32.2. The highest BCUT2D eigenvalue weighted by Crippen LogP contribution is 2.27. The molecule has 1 heterocycles. The van der Waals surface area contributed by atoms with E-state index in [1.165, 1.54) is 11.3 Å². The maximum atomic E-state index is 9.54. The van der Waals surface area contributed by atoms with Crippen molar-refractivity contribution in [3.8, 4) is 0 Å². The number of hydrogen-bond donors (Lipinski definition) is 2. The summed E-state index contributed by atoms with van der Waals surface area (Å²) in [6.45, 7) is 1.78. The molecule has 68 valence electrons. The van der Waals surface area contributed by atoms with Crippen LogP contribution in [-0.4, -0.2) is 22.4 Å². The first-order chi connectivity index (χ1) is 5.65. The van der Waals surface area contributed by atoms with Gasteiger partial charge in [-0.3, -0.25) is 0 Å². The Balaban J connectivity index is 2.74. The topological polar surface area (TPSA) is 59.1 Å². The molecular formula is C7H12N2OS2. The smallest absolute Gasteiger partial charge is 0.149 e. The lowest BCUT2D eigenvalue weighted by molar-refractivity contribution is 0.157. The molecule has 0 saturated carbocycles. The lowest BCUT2D eigenvalue weighted by Gasteiger charge is -2.10. The van der Waals surface area contributed by atoms with Crippen molar-refractivity contribution < 1.29 is 5.11 Å². The van der Waals surface area contributed by atoms with Crippen molar-refractivity contribution in [2.24, 2.45) is 5.73 Å². The Morgan fingerprint density at radius 2 is 2.42 bits per heavy atom. The second-order valence-corrected chi connectivity index (χ2v) is 4.65. The summed E-state index contributed by atoms with van der Waals surface area (Å²) in [5.74, 6) is 0. The maximum Gasteiger partial charge on any atom is 0.149 e. The predicted molar refractivity (Wildman–Crippen MR) is 52.5 cm³/mol. The monoisotopic (exact) mass is 204 g/mol. The van der Waals surface area contributed by atoms with Crippen molar-refractivity contribution in [3.63, 3.8) is 0 Å². The number of hydrogen-bond acceptors (Lipinski definition) is 5. The van der Waals surface area contributed by atoms with E-state index in [4.69, 9.17) is 5.73 Å². The Kier molecular flexibility index (Phi) is 3.52. The minimum absolute atomic E-state index is 0.236. The Morgan fingerprint density at radius 3 is 2.83 bits per heavy atom. The first kappa shape index (κ1) is 9.98. The molecule has 0 spiro atoms. The van der Waals surface area contributed by atoms with Crippen LogP contribution < -0.4 is 5.73 Å². The van der Waals surface area contributed by atoms with Gasteiger partial charge in [-0.15, -0.1) is 11.3 Å². The molecule has 1 rings (SSSR count). The molecule has 0 amide bonds. The van der Waals surface area contributed by atoms with Gasteiger partial charge >= 0.3 is 0 Å². The molecule has 0 aliphatic heterocycles. The fraction of sp³-hybridized carbons (Fsp3) is 0.571. The normalized spacial score (nSPS) is 16.0. The van der Waals surface area contributed by atoms with Crippen molar-refractivity contribution >= 4 is 23.1 Å². The van der Waals surface area contributed by atoms with Crippen molar-refractivity contribution in [1.82, 2.24) is 4.98 Å². The van der Waals surface area contributed by atoms with Crippen LogP contribution in [0.3, 0.4) is 0 Å². The van der Waals surface area contributed by atoms with Gasteiger partial charge < -0.3 is 10.8 Å². The number of thioether (sulfide) groups is 1. The quantitative estimate of drug-likeness (QED) is 0.727. The van der Waals surface area contributed by atoms with Crippen LogP contribution in [0.25, 0.3) is 0 Å². The third-order valence-corrected chi connectivity index (χ3v) is 3.53. The second kappa shape index (κ2) is 4.23. The zero-order valence-corrected chi connectivity index (χ0v) is 8.65. The fourth-order valence-electron chi connectivity index (χ4n) is 0.760. The molecule has 0 fully saturated rings. The van der Waals surface area contributed by atoms with Gasteiger partial charge in [0.05, 0.1) is 4.88 Å². The summed E-state index contributed by atoms with van der Waals surface area (Å²) >= 11 is 3.07. The van der Waals surface area contributed by atoms with Gasteiger partial charge in [0.2, 0.25) is 0 Å². The van der Waals surface area contributed by atoms with Gasteiger partial charge in [-0.1, -0.05) is 11.8 Å². The van der Waals surface area contributed by atoms with E-state index in [2.05, 4.69) is 4.98 Å². The Bertz CT molecular complexity index is 249. The summed E-state index contributed by atoms with van der Waals surface area (Å²) < 4.78 is 0.963. The SMILES string of the molecule is CSc1ncc(C(O)C(C)N)s1. The highest BCUT2D eigenvalue weighted by Gasteiger charge is 2.15. The molecule has 1 aromatic heterocycles. The zero-order chi connectivity index (χ0) is 9.14. The van der Waals surface area contributed by atoms with Crippen LogP contribution in [0.4, 0.5) is 0 Å². The molecule has 3 nitrogen and oxygen atoms in total. The van der Waals surface area contributed by atoms with Gasteiger partial charge in [-0.25, -0.2) is 4.98 Å². The lowest BCUT2D eigenvalue weighted by Crippen LogP contribution is -2.23. The molecule has 1 aromatic rings. The number of thiazole rings is 1. The van der Waals surface area contributed by atoms with Gasteiger partial charge in [-0.05, 0) is 13.2 Å². The van der Waals surface area contributed by atoms with Gasteiger partial charge in [0.25, 0.3) is 0 Å². The van der Waals surface area contributed by atoms with Crippen LogP contribution >= 0.6 is 23.1 Å². The maximum absolute atomic E-state index is 9.54. The van der Waals surface area contributed by atoms with Crippen molar-refractivity contribution in [3.05, 3.63) is 11.1 Å². The first-order valence-electron chi connectivity index (χ1n) is 3.58. The van der Waals surface area contributed by atoms with Crippen LogP contribution in [0.5, 0.6) is 0 Å². The van der Waals surface area contributed by atoms with E-state index in [0.29, 0.717) is 0 Å². The summed E-state index contributed by atoms with van der Waals surface area (Å²) in [6.07, 6.45) is 3.06. The number of rotatable bonds is 3. The van der Waals surface area contributed by atoms with E-state index >= 15 is 0 Å². The third-order valence-electron chi connectivity index (χ3n) is 1.47. The number of nitrogens with two attached hydrogens (primary N) is 1. The number of aliphatic hydroxyl groups is 1. The van der Waals surface area contributed by atoms with E-state index in [0.717, 1.165) is 9.22 Å². The van der Waals surface area contributed by atoms with Crippen molar-refractivity contribution in [2.75, 3.05) is 6.26 Å². The average molecular weight is 204 g/mol. The average Bonchev–Trinajstić information content (AvgIpc) is 2.50. The van der Waals surface area contributed by atoms with E-state index in [1.807, 2.05) is 6.26 Å². The molecule has 0 radical (unpaired) electrons. The van der Waals surface area contributed by atoms with E-state index in [1.54, 1.807) is 24.9 Å². The molecule has 0 bridgehead atoms. The molecule has 5 heteroatoms. The van der Waals surface area contributed by atoms with E-state index in [-0.39, 0.29) is 6.04 Å². The number of aliphatic hydroxyl groups excluding tert-OH is 1. The third kappa shape index (κ3) is 2.20. The summed E-state index contributed by atoms with van der Waals surface area (Å²) in [6, 6.07) is -0.236. The molecule has 12 heavy (non-hydrogen) atoms. The minimum Gasteiger partial charge on any atom is -0.386 e. The van der Waals surface area contributed by atoms with Crippen molar-refractivity contribution in [2.45, 2.75) is 23.4 Å². The molecular weight excluding hydrogens is 192 g/mol. The predicted octanol–water partition coefficient (Wildman–Crippen LogP) is 1.25. The minimum atomic E-state index is -0.580. The molecule has 0 aliphatic rings. The van der Waals surface area contributed by atoms with Crippen LogP contribution in [-0.2, 0) is 0 Å². The summed E-state index contributed by atoms with van der Waals surface area (Å²) in [5, 5.41) is 9.54. The Morgan fingerprint density at radius 1 is 1.75 bits per heavy atom. The fourth-order valence-corrected chi connectivity index (χ4v) is 2.29. The molecule has 0 aliphatic carbocycles. The second-order valence-electron chi connectivity index (χ2n) is 2.54. The standard InChI is InChI=1S/C7H12N2OS2/c1-4(8)6(10)5-3-9-7(11-2)12-5/h3-4,6,10H,8H2,1-2H3. The largest absolute Gasteiger partial charge is 0.386 e. The van der Waals surface area contributed by atoms with Crippen LogP contribution in [0, 0.1) is 0 Å². The van der Waals surface area contributed by atoms with Crippen molar-refractivity contribution in [1.29, 1.82) is 0 Å². The van der Waals surface area contributed by atoms with Gasteiger partial charge in [0, 0.05) is 12.2 Å². The van der Waals surface area contributed by atoms with Crippen LogP contribution in [0.15, 0.2) is 10.5 Å². The van der Waals surface area contributed by atoms with Gasteiger partial charge in [-0.2, -0.15) is 0 Å². The summed E-state index contributed by atoms with van der Waals surface area (Å²) in [4.78, 5) is 4.95. The van der Waals surface area contributed by atoms with E-state index < -0.39 is 6.10 Å². The number of nitrogens with zero attached hydrogens (tertiary/aromatic N) is 1. The van der Waals surface area contributed by atoms with E-state index in [9.17, 15) is 5.11 Å². The molecule has 0 aromatic carbocycles. The first-order valence-corrected chi connectivity index (χ1v) is 5.62. The molecule has 2 unspecified atom stereocenters. The Hall–Kier alpha value is -0.100. The number of aromatic nitrogens is 1. The van der Waals surface area contributed by atoms with Gasteiger partial charge in [0.15, 0.2) is 0 Å². The summed E-state index contributed by atoms with van der Waals surface area (Å²) in [7, 11) is 0. The summed E-state index contributed by atoms with van der Waals surface area (Å²) in [5.41, 5.74) is 5.54. The molecule has 0 saturated heterocycles. The zero-order valence-electron chi connectivity index (χ0n) is 7.02. The van der Waals surface area contributed by atoms with Crippen LogP contribution in [0.1, 0.15) is 17.9 Å². The highest BCUT2D eigenvalue weighted by molar-refractivity contribution is 8.00. The van der Waals surface area contributed by atoms with Gasteiger partial charge in [0.1, 0.15) is 10.4 Å².